The van der Waals surface area contributed by atoms with Gasteiger partial charge < -0.3 is 10.1 Å². The molecule has 0 saturated heterocycles. The van der Waals surface area contributed by atoms with Gasteiger partial charge in [0.05, 0.1) is 5.41 Å². The van der Waals surface area contributed by atoms with Crippen molar-refractivity contribution in [2.45, 2.75) is 24.7 Å². The van der Waals surface area contributed by atoms with Crippen molar-refractivity contribution in [2.24, 2.45) is 0 Å². The fourth-order valence-electron chi connectivity index (χ4n) is 2.42. The van der Waals surface area contributed by atoms with Crippen LogP contribution in [0.2, 0.25) is 5.02 Å². The van der Waals surface area contributed by atoms with E-state index in [9.17, 15) is 9.59 Å². The van der Waals surface area contributed by atoms with E-state index in [-0.39, 0.29) is 18.5 Å². The Balaban J connectivity index is 2.00. The predicted molar refractivity (Wildman–Crippen MR) is 81.1 cm³/mol. The lowest BCUT2D eigenvalue weighted by atomic mass is 9.64. The minimum atomic E-state index is -0.622. The van der Waals surface area contributed by atoms with Crippen molar-refractivity contribution in [1.82, 2.24) is 5.32 Å². The van der Waals surface area contributed by atoms with Crippen LogP contribution in [0.4, 0.5) is 0 Å². The second-order valence-electron chi connectivity index (χ2n) is 5.11. The molecule has 0 spiro atoms. The van der Waals surface area contributed by atoms with E-state index in [1.165, 1.54) is 0 Å². The van der Waals surface area contributed by atoms with E-state index in [0.717, 1.165) is 24.8 Å². The van der Waals surface area contributed by atoms with Crippen molar-refractivity contribution in [3.05, 3.63) is 47.5 Å². The molecule has 1 aromatic carbocycles. The largest absolute Gasteiger partial charge is 0.455 e. The number of hydrogen-bond donors (Lipinski definition) is 1. The lowest BCUT2D eigenvalue weighted by molar-refractivity contribution is -0.157. The summed E-state index contributed by atoms with van der Waals surface area (Å²) >= 11 is 5.88. The van der Waals surface area contributed by atoms with Crippen LogP contribution in [0, 0.1) is 0 Å². The van der Waals surface area contributed by atoms with Gasteiger partial charge in [-0.1, -0.05) is 36.2 Å². The van der Waals surface area contributed by atoms with Gasteiger partial charge in [0.2, 0.25) is 0 Å². The standard InChI is InChI=1S/C16H18ClNO3/c1-2-10-18-14(19)11-21-15(20)16(8-3-9-16)12-4-6-13(17)7-5-12/h2,4-7H,1,3,8-11H2,(H,18,19). The second-order valence-corrected chi connectivity index (χ2v) is 5.55. The van der Waals surface area contributed by atoms with Gasteiger partial charge in [0, 0.05) is 11.6 Å². The molecular formula is C16H18ClNO3. The number of amides is 1. The third kappa shape index (κ3) is 3.45. The fraction of sp³-hybridized carbons (Fsp3) is 0.375. The molecule has 1 fully saturated rings. The summed E-state index contributed by atoms with van der Waals surface area (Å²) in [6.07, 6.45) is 4.02. The first-order valence-corrected chi connectivity index (χ1v) is 7.27. The molecule has 1 amide bonds. The summed E-state index contributed by atoms with van der Waals surface area (Å²) in [5.41, 5.74) is 0.276. The molecule has 1 aliphatic carbocycles. The predicted octanol–water partition coefficient (Wildman–Crippen LogP) is 2.61. The van der Waals surface area contributed by atoms with Crippen LogP contribution in [0.1, 0.15) is 24.8 Å². The summed E-state index contributed by atoms with van der Waals surface area (Å²) in [6, 6.07) is 7.23. The summed E-state index contributed by atoms with van der Waals surface area (Å²) in [4.78, 5) is 23.8. The Morgan fingerprint density at radius 3 is 2.52 bits per heavy atom. The Hall–Kier alpha value is -1.81. The van der Waals surface area contributed by atoms with Crippen LogP contribution in [0.25, 0.3) is 0 Å². The van der Waals surface area contributed by atoms with E-state index in [2.05, 4.69) is 11.9 Å². The highest BCUT2D eigenvalue weighted by Gasteiger charge is 2.47. The van der Waals surface area contributed by atoms with E-state index in [1.54, 1.807) is 18.2 Å². The van der Waals surface area contributed by atoms with Crippen LogP contribution >= 0.6 is 11.6 Å². The molecular weight excluding hydrogens is 290 g/mol. The zero-order chi connectivity index (χ0) is 15.3. The minimum Gasteiger partial charge on any atom is -0.455 e. The summed E-state index contributed by atoms with van der Waals surface area (Å²) in [6.45, 7) is 3.60. The molecule has 112 valence electrons. The maximum absolute atomic E-state index is 12.4. The first-order valence-electron chi connectivity index (χ1n) is 6.89. The van der Waals surface area contributed by atoms with E-state index in [4.69, 9.17) is 16.3 Å². The van der Waals surface area contributed by atoms with Gasteiger partial charge in [0.25, 0.3) is 5.91 Å². The van der Waals surface area contributed by atoms with Crippen LogP contribution in [-0.4, -0.2) is 25.0 Å². The van der Waals surface area contributed by atoms with Gasteiger partial charge in [-0.2, -0.15) is 0 Å². The summed E-state index contributed by atoms with van der Waals surface area (Å²) in [7, 11) is 0. The van der Waals surface area contributed by atoms with Gasteiger partial charge >= 0.3 is 5.97 Å². The molecule has 0 unspecified atom stereocenters. The van der Waals surface area contributed by atoms with Gasteiger partial charge in [-0.3, -0.25) is 9.59 Å². The zero-order valence-corrected chi connectivity index (χ0v) is 12.5. The van der Waals surface area contributed by atoms with Crippen LogP contribution in [-0.2, 0) is 19.7 Å². The molecule has 0 radical (unpaired) electrons. The molecule has 1 N–H and O–H groups in total. The van der Waals surface area contributed by atoms with E-state index < -0.39 is 5.41 Å². The van der Waals surface area contributed by atoms with Gasteiger partial charge in [-0.05, 0) is 30.5 Å². The van der Waals surface area contributed by atoms with Crippen molar-refractivity contribution in [1.29, 1.82) is 0 Å². The number of carbonyl (C=O) groups is 2. The lowest BCUT2D eigenvalue weighted by Crippen LogP contribution is -2.44. The van der Waals surface area contributed by atoms with Crippen LogP contribution in [0.5, 0.6) is 0 Å². The quantitative estimate of drug-likeness (QED) is 0.649. The molecule has 2 rings (SSSR count). The zero-order valence-electron chi connectivity index (χ0n) is 11.7. The molecule has 0 aromatic heterocycles. The van der Waals surface area contributed by atoms with Crippen LogP contribution in [0.3, 0.4) is 0 Å². The van der Waals surface area contributed by atoms with Gasteiger partial charge in [0.15, 0.2) is 6.61 Å². The maximum Gasteiger partial charge on any atom is 0.317 e. The molecule has 0 atom stereocenters. The first-order chi connectivity index (χ1) is 10.1. The summed E-state index contributed by atoms with van der Waals surface area (Å²) in [5, 5.41) is 3.20. The average molecular weight is 308 g/mol. The second kappa shape index (κ2) is 6.76. The Labute approximate surface area is 129 Å². The van der Waals surface area contributed by atoms with Gasteiger partial charge in [0.1, 0.15) is 0 Å². The molecule has 0 aliphatic heterocycles. The van der Waals surface area contributed by atoms with Gasteiger partial charge in [-0.25, -0.2) is 0 Å². The number of rotatable bonds is 6. The van der Waals surface area contributed by atoms with Gasteiger partial charge in [-0.15, -0.1) is 6.58 Å². The molecule has 1 saturated carbocycles. The normalized spacial score (nSPS) is 15.7. The van der Waals surface area contributed by atoms with Crippen molar-refractivity contribution >= 4 is 23.5 Å². The monoisotopic (exact) mass is 307 g/mol. The number of ether oxygens (including phenoxy) is 1. The minimum absolute atomic E-state index is 0.262. The third-order valence-corrected chi connectivity index (χ3v) is 4.02. The van der Waals surface area contributed by atoms with Crippen molar-refractivity contribution in [3.8, 4) is 0 Å². The van der Waals surface area contributed by atoms with Crippen molar-refractivity contribution < 1.29 is 14.3 Å². The Morgan fingerprint density at radius 1 is 1.33 bits per heavy atom. The molecule has 0 heterocycles. The number of benzene rings is 1. The molecule has 1 aliphatic rings. The average Bonchev–Trinajstić information content (AvgIpc) is 2.43. The van der Waals surface area contributed by atoms with E-state index in [1.807, 2.05) is 12.1 Å². The molecule has 4 nitrogen and oxygen atoms in total. The van der Waals surface area contributed by atoms with E-state index in [0.29, 0.717) is 11.6 Å². The molecule has 5 heteroatoms. The number of hydrogen-bond acceptors (Lipinski definition) is 3. The van der Waals surface area contributed by atoms with E-state index >= 15 is 0 Å². The molecule has 21 heavy (non-hydrogen) atoms. The first kappa shape index (κ1) is 15.6. The number of carbonyl (C=O) groups excluding carboxylic acids is 2. The topological polar surface area (TPSA) is 55.4 Å². The number of nitrogens with one attached hydrogen (secondary N) is 1. The third-order valence-electron chi connectivity index (χ3n) is 3.77. The Kier molecular flexibility index (Phi) is 5.02. The summed E-state index contributed by atoms with van der Waals surface area (Å²) < 4.78 is 5.17. The van der Waals surface area contributed by atoms with Crippen molar-refractivity contribution in [3.63, 3.8) is 0 Å². The SMILES string of the molecule is C=CCNC(=O)COC(=O)C1(c2ccc(Cl)cc2)CCC1. The number of halogens is 1. The Bertz CT molecular complexity index is 535. The highest BCUT2D eigenvalue weighted by molar-refractivity contribution is 6.30. The molecule has 1 aromatic rings. The summed E-state index contributed by atoms with van der Waals surface area (Å²) in [5.74, 6) is -0.668. The van der Waals surface area contributed by atoms with Crippen molar-refractivity contribution in [2.75, 3.05) is 13.2 Å². The fourth-order valence-corrected chi connectivity index (χ4v) is 2.54. The Morgan fingerprint density at radius 2 is 2.00 bits per heavy atom. The highest BCUT2D eigenvalue weighted by Crippen LogP contribution is 2.44. The lowest BCUT2D eigenvalue weighted by Gasteiger charge is -2.39. The highest BCUT2D eigenvalue weighted by atomic mass is 35.5. The van der Waals surface area contributed by atoms with Crippen LogP contribution in [0.15, 0.2) is 36.9 Å². The van der Waals surface area contributed by atoms with Crippen LogP contribution < -0.4 is 5.32 Å². The number of esters is 1. The smallest absolute Gasteiger partial charge is 0.317 e. The molecule has 0 bridgehead atoms. The maximum atomic E-state index is 12.4.